The fourth-order valence-corrected chi connectivity index (χ4v) is 4.11. The van der Waals surface area contributed by atoms with Gasteiger partial charge in [0.2, 0.25) is 0 Å². The van der Waals surface area contributed by atoms with E-state index in [2.05, 4.69) is 10.3 Å². The number of thiophene rings is 1. The van der Waals surface area contributed by atoms with E-state index >= 15 is 0 Å². The van der Waals surface area contributed by atoms with Gasteiger partial charge in [0.25, 0.3) is 5.56 Å². The molecular weight excluding hydrogens is 394 g/mol. The third-order valence-electron chi connectivity index (χ3n) is 4.34. The van der Waals surface area contributed by atoms with Gasteiger partial charge in [0.05, 0.1) is 16.3 Å². The van der Waals surface area contributed by atoms with Crippen molar-refractivity contribution in [3.05, 3.63) is 31.3 Å². The van der Waals surface area contributed by atoms with Crippen LogP contribution in [0.2, 0.25) is 0 Å². The van der Waals surface area contributed by atoms with E-state index in [0.717, 1.165) is 12.8 Å². The second-order valence-corrected chi connectivity index (χ2v) is 8.88. The van der Waals surface area contributed by atoms with Crippen molar-refractivity contribution in [2.45, 2.75) is 58.7 Å². The largest absolute Gasteiger partial charge is 0.444 e. The summed E-state index contributed by atoms with van der Waals surface area (Å²) in [5.41, 5.74) is -0.649. The second-order valence-electron chi connectivity index (χ2n) is 7.85. The first-order valence-corrected chi connectivity index (χ1v) is 10.1. The molecule has 0 unspecified atom stereocenters. The van der Waals surface area contributed by atoms with Crippen LogP contribution in [0.5, 0.6) is 0 Å². The van der Waals surface area contributed by atoms with Crippen molar-refractivity contribution >= 4 is 33.9 Å². The molecule has 2 heterocycles. The Morgan fingerprint density at radius 2 is 2.10 bits per heavy atom. The molecule has 1 fully saturated rings. The fourth-order valence-electron chi connectivity index (χ4n) is 2.92. The number of aryl methyl sites for hydroxylation is 1. The Hall–Kier alpha value is -2.93. The van der Waals surface area contributed by atoms with Crippen molar-refractivity contribution in [2.24, 2.45) is 4.99 Å². The van der Waals surface area contributed by atoms with Crippen molar-refractivity contribution in [1.29, 1.82) is 5.26 Å². The highest BCUT2D eigenvalue weighted by Gasteiger charge is 2.30. The van der Waals surface area contributed by atoms with Gasteiger partial charge in [0.1, 0.15) is 23.6 Å². The summed E-state index contributed by atoms with van der Waals surface area (Å²) in [5.74, 6) is 0. The average molecular weight is 417 g/mol. The number of alkyl carbamates (subject to hydrolysis) is 1. The van der Waals surface area contributed by atoms with Gasteiger partial charge in [-0.2, -0.15) is 5.26 Å². The molecule has 9 nitrogen and oxygen atoms in total. The lowest BCUT2D eigenvalue weighted by molar-refractivity contribution is 0.0530. The van der Waals surface area contributed by atoms with Crippen LogP contribution >= 0.6 is 11.3 Å². The zero-order chi connectivity index (χ0) is 21.3. The molecule has 10 heteroatoms. The van der Waals surface area contributed by atoms with E-state index in [1.54, 1.807) is 33.9 Å². The standard InChI is InChI=1S/C19H23N5O4S/c1-11-13(9-21-10-22-17(26)28-19(2,3)4)29-16-14(11)15(25)24(12-5-6-12)18(27)23(16)8-7-20/h9,12H,5-6,8,10H2,1-4H3,(H,22,26). The Morgan fingerprint density at radius 1 is 1.41 bits per heavy atom. The summed E-state index contributed by atoms with van der Waals surface area (Å²) in [6, 6.07) is 1.91. The molecule has 2 aromatic heterocycles. The van der Waals surface area contributed by atoms with Crippen LogP contribution < -0.4 is 16.6 Å². The zero-order valence-corrected chi connectivity index (χ0v) is 17.6. The normalized spacial score (nSPS) is 14.3. The summed E-state index contributed by atoms with van der Waals surface area (Å²) in [6.07, 6.45) is 2.57. The zero-order valence-electron chi connectivity index (χ0n) is 16.8. The number of fused-ring (bicyclic) bond motifs is 1. The van der Waals surface area contributed by atoms with Crippen molar-refractivity contribution in [2.75, 3.05) is 6.67 Å². The summed E-state index contributed by atoms with van der Waals surface area (Å²) in [4.78, 5) is 42.7. The Balaban J connectivity index is 1.92. The minimum atomic E-state index is -0.596. The highest BCUT2D eigenvalue weighted by Crippen LogP contribution is 2.34. The summed E-state index contributed by atoms with van der Waals surface area (Å²) in [6.45, 7) is 6.99. The lowest BCUT2D eigenvalue weighted by Gasteiger charge is -2.19. The number of carbonyl (C=O) groups excluding carboxylic acids is 1. The molecule has 1 amide bonds. The SMILES string of the molecule is Cc1c(C=NCNC(=O)OC(C)(C)C)sc2c1c(=O)n(C1CC1)c(=O)n2CC#N. The van der Waals surface area contributed by atoms with E-state index in [1.807, 2.05) is 6.07 Å². The molecule has 0 bridgehead atoms. The number of aromatic nitrogens is 2. The number of ether oxygens (including phenoxy) is 1. The van der Waals surface area contributed by atoms with E-state index in [0.29, 0.717) is 20.7 Å². The number of amides is 1. The van der Waals surface area contributed by atoms with Gasteiger partial charge in [-0.15, -0.1) is 11.3 Å². The van der Waals surface area contributed by atoms with Gasteiger partial charge >= 0.3 is 11.8 Å². The van der Waals surface area contributed by atoms with Gasteiger partial charge in [-0.1, -0.05) is 0 Å². The summed E-state index contributed by atoms with van der Waals surface area (Å²) in [5, 5.41) is 12.1. The third kappa shape index (κ3) is 4.40. The minimum absolute atomic E-state index is 0.0138. The van der Waals surface area contributed by atoms with Gasteiger partial charge < -0.3 is 10.1 Å². The maximum atomic E-state index is 12.9. The molecule has 0 radical (unpaired) electrons. The van der Waals surface area contributed by atoms with Crippen molar-refractivity contribution in [3.63, 3.8) is 0 Å². The van der Waals surface area contributed by atoms with Crippen molar-refractivity contribution in [3.8, 4) is 6.07 Å². The number of carbonyl (C=O) groups is 1. The van der Waals surface area contributed by atoms with Crippen LogP contribution in [0, 0.1) is 18.3 Å². The Kier molecular flexibility index (Phi) is 5.61. The van der Waals surface area contributed by atoms with Crippen molar-refractivity contribution < 1.29 is 9.53 Å². The van der Waals surface area contributed by atoms with Gasteiger partial charge in [-0.05, 0) is 46.1 Å². The number of rotatable bonds is 5. The minimum Gasteiger partial charge on any atom is -0.444 e. The van der Waals surface area contributed by atoms with Gasteiger partial charge in [-0.3, -0.25) is 18.9 Å². The molecule has 1 aliphatic carbocycles. The molecule has 1 saturated carbocycles. The molecule has 0 aliphatic heterocycles. The quantitative estimate of drug-likeness (QED) is 0.749. The van der Waals surface area contributed by atoms with Crippen molar-refractivity contribution in [1.82, 2.24) is 14.5 Å². The summed E-state index contributed by atoms with van der Waals surface area (Å²) in [7, 11) is 0. The summed E-state index contributed by atoms with van der Waals surface area (Å²) >= 11 is 1.23. The Bertz CT molecular complexity index is 1140. The predicted molar refractivity (Wildman–Crippen MR) is 111 cm³/mol. The Labute approximate surface area is 171 Å². The van der Waals surface area contributed by atoms with Crippen LogP contribution in [0.3, 0.4) is 0 Å². The highest BCUT2D eigenvalue weighted by atomic mass is 32.1. The fraction of sp³-hybridized carbons (Fsp3) is 0.526. The topological polar surface area (TPSA) is 118 Å². The number of hydrogen-bond donors (Lipinski definition) is 1. The average Bonchev–Trinajstić information content (AvgIpc) is 3.38. The van der Waals surface area contributed by atoms with Gasteiger partial charge in [-0.25, -0.2) is 9.59 Å². The highest BCUT2D eigenvalue weighted by molar-refractivity contribution is 7.20. The van der Waals surface area contributed by atoms with Crippen LogP contribution in [-0.2, 0) is 11.3 Å². The van der Waals surface area contributed by atoms with E-state index in [4.69, 9.17) is 10.00 Å². The molecule has 29 heavy (non-hydrogen) atoms. The lowest BCUT2D eigenvalue weighted by atomic mass is 10.2. The van der Waals surface area contributed by atoms with Crippen LogP contribution in [0.1, 0.15) is 50.1 Å². The summed E-state index contributed by atoms with van der Waals surface area (Å²) < 4.78 is 7.76. The molecule has 154 valence electrons. The van der Waals surface area contributed by atoms with Gasteiger partial charge in [0.15, 0.2) is 0 Å². The van der Waals surface area contributed by atoms with E-state index in [9.17, 15) is 14.4 Å². The van der Waals surface area contributed by atoms with E-state index in [1.165, 1.54) is 20.5 Å². The molecule has 0 aromatic carbocycles. The molecule has 0 atom stereocenters. The molecular formula is C19H23N5O4S. The van der Waals surface area contributed by atoms with Crippen LogP contribution in [0.4, 0.5) is 4.79 Å². The first-order chi connectivity index (χ1) is 13.6. The van der Waals surface area contributed by atoms with Crippen LogP contribution in [-0.4, -0.2) is 33.7 Å². The predicted octanol–water partition coefficient (Wildman–Crippen LogP) is 2.29. The molecule has 2 aromatic rings. The first kappa shape index (κ1) is 20.8. The van der Waals surface area contributed by atoms with Crippen LogP contribution in [0.15, 0.2) is 14.6 Å². The first-order valence-electron chi connectivity index (χ1n) is 9.26. The van der Waals surface area contributed by atoms with Crippen LogP contribution in [0.25, 0.3) is 10.2 Å². The molecule has 1 aliphatic rings. The number of nitrogens with one attached hydrogen (secondary N) is 1. The molecule has 3 rings (SSSR count). The lowest BCUT2D eigenvalue weighted by Crippen LogP contribution is -2.39. The monoisotopic (exact) mass is 417 g/mol. The second kappa shape index (κ2) is 7.83. The van der Waals surface area contributed by atoms with Gasteiger partial charge in [0, 0.05) is 12.3 Å². The smallest absolute Gasteiger partial charge is 0.409 e. The maximum Gasteiger partial charge on any atom is 0.409 e. The molecule has 0 saturated heterocycles. The number of nitriles is 1. The van der Waals surface area contributed by atoms with E-state index in [-0.39, 0.29) is 24.8 Å². The number of aliphatic imine (C=N–C) groups is 1. The number of nitrogens with zero attached hydrogens (tertiary/aromatic N) is 4. The third-order valence-corrected chi connectivity index (χ3v) is 5.59. The molecule has 1 N–H and O–H groups in total. The molecule has 0 spiro atoms. The Morgan fingerprint density at radius 3 is 2.69 bits per heavy atom. The number of hydrogen-bond acceptors (Lipinski definition) is 7. The van der Waals surface area contributed by atoms with E-state index < -0.39 is 17.4 Å². The maximum absolute atomic E-state index is 12.9.